The van der Waals surface area contributed by atoms with Gasteiger partial charge in [-0.15, -0.1) is 45.3 Å². The Kier molecular flexibility index (Phi) is 3.56. The Bertz CT molecular complexity index is 2050. The van der Waals surface area contributed by atoms with Crippen molar-refractivity contribution in [2.75, 3.05) is 0 Å². The molecule has 6 aromatic heterocycles. The highest BCUT2D eigenvalue weighted by molar-refractivity contribution is 7.32. The lowest BCUT2D eigenvalue weighted by Crippen LogP contribution is -1.93. The Hall–Kier alpha value is -2.64. The van der Waals surface area contributed by atoms with Crippen LogP contribution in [0.2, 0.25) is 0 Å². The van der Waals surface area contributed by atoms with Crippen molar-refractivity contribution >= 4 is 107 Å². The highest BCUT2D eigenvalue weighted by Crippen LogP contribution is 2.49. The summed E-state index contributed by atoms with van der Waals surface area (Å²) in [5.74, 6) is 0. The summed E-state index contributed by atoms with van der Waals surface area (Å²) in [7, 11) is 0. The second kappa shape index (κ2) is 6.27. The molecule has 0 bridgehead atoms. The normalized spacial score (nSPS) is 12.7. The summed E-state index contributed by atoms with van der Waals surface area (Å²) in [5, 5.41) is 2.58. The van der Waals surface area contributed by atoms with Gasteiger partial charge in [0.2, 0.25) is 0 Å². The molecule has 2 aromatic carbocycles. The van der Waals surface area contributed by atoms with E-state index in [0.29, 0.717) is 0 Å². The van der Waals surface area contributed by atoms with E-state index in [-0.39, 0.29) is 0 Å². The highest BCUT2D eigenvalue weighted by atomic mass is 32.1. The van der Waals surface area contributed by atoms with Crippen LogP contribution in [-0.2, 0) is 0 Å². The number of nitrogens with zero attached hydrogens (tertiary/aromatic N) is 1. The van der Waals surface area contributed by atoms with Crippen molar-refractivity contribution in [2.45, 2.75) is 20.8 Å². The van der Waals surface area contributed by atoms with Crippen molar-refractivity contribution < 1.29 is 4.42 Å². The molecule has 0 unspecified atom stereocenters. The Morgan fingerprint density at radius 2 is 1.36 bits per heavy atom. The van der Waals surface area contributed by atoms with Crippen molar-refractivity contribution in [1.82, 2.24) is 4.57 Å². The van der Waals surface area contributed by atoms with E-state index >= 15 is 0 Å². The van der Waals surface area contributed by atoms with Gasteiger partial charge in [0.25, 0.3) is 0 Å². The van der Waals surface area contributed by atoms with Crippen LogP contribution in [0, 0.1) is 20.8 Å². The Labute approximate surface area is 204 Å². The second-order valence-electron chi connectivity index (χ2n) is 8.78. The Balaban J connectivity index is 1.52. The molecule has 0 N–H and O–H groups in total. The van der Waals surface area contributed by atoms with Gasteiger partial charge in [-0.05, 0) is 57.2 Å². The fourth-order valence-electron chi connectivity index (χ4n) is 5.02. The Morgan fingerprint density at radius 3 is 2.21 bits per heavy atom. The molecule has 0 saturated heterocycles. The van der Waals surface area contributed by atoms with Gasteiger partial charge < -0.3 is 8.98 Å². The van der Waals surface area contributed by atoms with E-state index in [9.17, 15) is 0 Å². The maximum atomic E-state index is 6.33. The first-order valence-corrected chi connectivity index (χ1v) is 14.1. The maximum absolute atomic E-state index is 6.33. The molecule has 33 heavy (non-hydrogen) atoms. The monoisotopic (exact) mass is 499 g/mol. The predicted molar refractivity (Wildman–Crippen MR) is 149 cm³/mol. The molecule has 8 aromatic rings. The minimum Gasteiger partial charge on any atom is -0.454 e. The maximum Gasteiger partial charge on any atom is 0.154 e. The molecule has 0 fully saturated rings. The van der Waals surface area contributed by atoms with E-state index in [1.165, 1.54) is 71.0 Å². The van der Waals surface area contributed by atoms with E-state index < -0.39 is 0 Å². The number of aromatic nitrogens is 1. The van der Waals surface area contributed by atoms with E-state index in [0.717, 1.165) is 11.2 Å². The number of fused-ring (bicyclic) bond motifs is 10. The number of furan rings is 1. The number of benzene rings is 2. The number of thiophene rings is 4. The number of aryl methyl sites for hydroxylation is 3. The molecule has 0 aliphatic rings. The lowest BCUT2D eigenvalue weighted by atomic mass is 10.2. The fraction of sp³-hybridized carbons (Fsp3) is 0.111. The third kappa shape index (κ3) is 2.42. The third-order valence-electron chi connectivity index (χ3n) is 6.46. The summed E-state index contributed by atoms with van der Waals surface area (Å²) in [6, 6.07) is 18.2. The molecule has 6 heteroatoms. The average Bonchev–Trinajstić information content (AvgIpc) is 3.58. The van der Waals surface area contributed by atoms with Gasteiger partial charge >= 0.3 is 0 Å². The first-order chi connectivity index (χ1) is 16.0. The lowest BCUT2D eigenvalue weighted by molar-refractivity contribution is 0.674. The molecular weight excluding hydrogens is 483 g/mol. The van der Waals surface area contributed by atoms with Gasteiger partial charge in [0, 0.05) is 35.6 Å². The zero-order chi connectivity index (χ0) is 22.0. The van der Waals surface area contributed by atoms with Gasteiger partial charge in [-0.2, -0.15) is 0 Å². The van der Waals surface area contributed by atoms with Gasteiger partial charge in [0.1, 0.15) is 5.58 Å². The predicted octanol–water partition coefficient (Wildman–Crippen LogP) is 10.2. The van der Waals surface area contributed by atoms with Crippen molar-refractivity contribution in [2.24, 2.45) is 0 Å². The second-order valence-corrected chi connectivity index (χ2v) is 13.4. The van der Waals surface area contributed by atoms with Crippen LogP contribution in [0.25, 0.3) is 66.9 Å². The van der Waals surface area contributed by atoms with Crippen LogP contribution in [0.15, 0.2) is 52.9 Å². The molecule has 160 valence electrons. The first kappa shape index (κ1) is 18.7. The molecule has 6 heterocycles. The molecule has 0 amide bonds. The van der Waals surface area contributed by atoms with Crippen LogP contribution in [0.4, 0.5) is 0 Å². The number of rotatable bonds is 1. The van der Waals surface area contributed by atoms with Gasteiger partial charge in [-0.25, -0.2) is 0 Å². The SMILES string of the molecule is Cc1ccc(-n2c3cc(C)sc3c3sc4cc5c(cc4c32)sc2c5oc3cc(C)sc32)cc1. The van der Waals surface area contributed by atoms with E-state index in [1.54, 1.807) is 0 Å². The lowest BCUT2D eigenvalue weighted by Gasteiger charge is -2.07. The van der Waals surface area contributed by atoms with Crippen molar-refractivity contribution in [3.05, 3.63) is 63.8 Å². The van der Waals surface area contributed by atoms with Gasteiger partial charge in [0.15, 0.2) is 5.58 Å². The van der Waals surface area contributed by atoms with E-state index in [4.69, 9.17) is 4.42 Å². The molecule has 0 saturated carbocycles. The van der Waals surface area contributed by atoms with E-state index in [1.807, 2.05) is 45.3 Å². The average molecular weight is 500 g/mol. The van der Waals surface area contributed by atoms with Crippen LogP contribution in [0.1, 0.15) is 15.3 Å². The number of hydrogen-bond acceptors (Lipinski definition) is 5. The smallest absolute Gasteiger partial charge is 0.154 e. The molecule has 0 aliphatic heterocycles. The summed E-state index contributed by atoms with van der Waals surface area (Å²) in [5.41, 5.74) is 7.25. The summed E-state index contributed by atoms with van der Waals surface area (Å²) >= 11 is 7.52. The van der Waals surface area contributed by atoms with Gasteiger partial charge in [-0.3, -0.25) is 0 Å². The molecule has 0 spiro atoms. The van der Waals surface area contributed by atoms with Crippen molar-refractivity contribution in [3.63, 3.8) is 0 Å². The molecule has 2 nitrogen and oxygen atoms in total. The zero-order valence-corrected chi connectivity index (χ0v) is 21.4. The van der Waals surface area contributed by atoms with Crippen LogP contribution in [0.5, 0.6) is 0 Å². The van der Waals surface area contributed by atoms with Crippen LogP contribution >= 0.6 is 45.3 Å². The molecule has 0 atom stereocenters. The van der Waals surface area contributed by atoms with Gasteiger partial charge in [-0.1, -0.05) is 17.7 Å². The van der Waals surface area contributed by atoms with Crippen LogP contribution in [-0.4, -0.2) is 4.57 Å². The standard InChI is InChI=1S/C27H17NOS4/c1-12-4-6-15(7-5-12)28-18-8-13(2)30-24(18)26-22(28)16-10-21-17(11-20(16)32-26)23-27(33-21)25-19(29-23)9-14(3)31-25/h4-11H,1-3H3. The molecule has 0 radical (unpaired) electrons. The first-order valence-electron chi connectivity index (χ1n) is 10.8. The van der Waals surface area contributed by atoms with Gasteiger partial charge in [0.05, 0.1) is 29.8 Å². The van der Waals surface area contributed by atoms with Crippen LogP contribution in [0.3, 0.4) is 0 Å². The topological polar surface area (TPSA) is 18.1 Å². The summed E-state index contributed by atoms with van der Waals surface area (Å²) in [6.45, 7) is 6.51. The van der Waals surface area contributed by atoms with Crippen molar-refractivity contribution in [3.8, 4) is 5.69 Å². The Morgan fingerprint density at radius 1 is 0.667 bits per heavy atom. The summed E-state index contributed by atoms with van der Waals surface area (Å²) < 4.78 is 16.8. The third-order valence-corrected chi connectivity index (χ3v) is 11.1. The largest absolute Gasteiger partial charge is 0.454 e. The minimum absolute atomic E-state index is 1.03. The van der Waals surface area contributed by atoms with Crippen molar-refractivity contribution in [1.29, 1.82) is 0 Å². The molecular formula is C27H17NOS4. The van der Waals surface area contributed by atoms with Crippen LogP contribution < -0.4 is 0 Å². The fourth-order valence-corrected chi connectivity index (χ4v) is 9.59. The molecule has 8 rings (SSSR count). The quantitative estimate of drug-likeness (QED) is 0.220. The summed E-state index contributed by atoms with van der Waals surface area (Å²) in [4.78, 5) is 2.66. The highest BCUT2D eigenvalue weighted by Gasteiger charge is 2.22. The molecule has 0 aliphatic carbocycles. The summed E-state index contributed by atoms with van der Waals surface area (Å²) in [6.07, 6.45) is 0. The number of hydrogen-bond donors (Lipinski definition) is 0. The van der Waals surface area contributed by atoms with E-state index in [2.05, 4.69) is 73.9 Å². The zero-order valence-electron chi connectivity index (χ0n) is 18.1. The minimum atomic E-state index is 1.03.